The number of likely N-dealkylation sites (tertiary alicyclic amines) is 1. The zero-order chi connectivity index (χ0) is 28.4. The molecule has 0 radical (unpaired) electrons. The third-order valence-corrected chi connectivity index (χ3v) is 8.64. The molecule has 0 spiro atoms. The Morgan fingerprint density at radius 1 is 1.18 bits per heavy atom. The number of aromatic nitrogens is 3. The molecule has 12 nitrogen and oxygen atoms in total. The van der Waals surface area contributed by atoms with Crippen LogP contribution >= 0.6 is 0 Å². The van der Waals surface area contributed by atoms with Gasteiger partial charge in [0, 0.05) is 26.7 Å². The van der Waals surface area contributed by atoms with Gasteiger partial charge in [-0.15, -0.1) is 0 Å². The molecule has 4 aromatic rings. The van der Waals surface area contributed by atoms with Crippen molar-refractivity contribution in [3.63, 3.8) is 0 Å². The second kappa shape index (κ2) is 11.3. The molecule has 1 aliphatic heterocycles. The highest BCUT2D eigenvalue weighted by molar-refractivity contribution is 7.89. The number of ether oxygens (including phenoxy) is 1. The summed E-state index contributed by atoms with van der Waals surface area (Å²) in [6, 6.07) is 9.60. The first-order valence-corrected chi connectivity index (χ1v) is 14.1. The van der Waals surface area contributed by atoms with Gasteiger partial charge < -0.3 is 18.6 Å². The molecule has 0 aliphatic carbocycles. The number of piperidine rings is 1. The Morgan fingerprint density at radius 3 is 2.73 bits per heavy atom. The SMILES string of the molecule is CN(CC(=O)N1CCCCC1c1noc(COCc2ccc(F)cc2)n1)S(=O)(=O)c1ccc2c(c1)oc(=O)n2C. The summed E-state index contributed by atoms with van der Waals surface area (Å²) in [6.45, 7) is 0.290. The molecule has 0 bridgehead atoms. The van der Waals surface area contributed by atoms with Gasteiger partial charge in [0.1, 0.15) is 12.4 Å². The van der Waals surface area contributed by atoms with Crippen molar-refractivity contribution in [1.82, 2.24) is 23.9 Å². The van der Waals surface area contributed by atoms with Crippen molar-refractivity contribution < 1.29 is 31.3 Å². The normalized spacial score (nSPS) is 16.2. The predicted molar refractivity (Wildman–Crippen MR) is 139 cm³/mol. The predicted octanol–water partition coefficient (Wildman–Crippen LogP) is 2.74. The highest BCUT2D eigenvalue weighted by atomic mass is 32.2. The Balaban J connectivity index is 1.24. The topological polar surface area (TPSA) is 141 Å². The molecule has 1 fully saturated rings. The molecule has 2 aromatic heterocycles. The summed E-state index contributed by atoms with van der Waals surface area (Å²) in [5, 5.41) is 4.04. The molecule has 1 unspecified atom stereocenters. The van der Waals surface area contributed by atoms with Crippen LogP contribution in [0, 0.1) is 5.82 Å². The number of amides is 1. The summed E-state index contributed by atoms with van der Waals surface area (Å²) in [5.41, 5.74) is 1.38. The van der Waals surface area contributed by atoms with E-state index in [1.54, 1.807) is 17.0 Å². The lowest BCUT2D eigenvalue weighted by atomic mass is 10.0. The number of hydrogen-bond donors (Lipinski definition) is 0. The maximum Gasteiger partial charge on any atom is 0.419 e. The van der Waals surface area contributed by atoms with Gasteiger partial charge in [-0.2, -0.15) is 9.29 Å². The summed E-state index contributed by atoms with van der Waals surface area (Å²) < 4.78 is 57.8. The second-order valence-electron chi connectivity index (χ2n) is 9.58. The van der Waals surface area contributed by atoms with Crippen molar-refractivity contribution >= 4 is 27.0 Å². The minimum absolute atomic E-state index is 0.0396. The van der Waals surface area contributed by atoms with Gasteiger partial charge in [-0.3, -0.25) is 9.36 Å². The molecular weight excluding hydrogens is 545 g/mol. The first-order valence-electron chi connectivity index (χ1n) is 12.6. The smallest absolute Gasteiger partial charge is 0.408 e. The van der Waals surface area contributed by atoms with Crippen LogP contribution in [0.1, 0.15) is 42.6 Å². The highest BCUT2D eigenvalue weighted by Gasteiger charge is 2.34. The minimum atomic E-state index is -4.05. The van der Waals surface area contributed by atoms with Crippen LogP contribution in [0.5, 0.6) is 0 Å². The zero-order valence-corrected chi connectivity index (χ0v) is 22.8. The van der Waals surface area contributed by atoms with Crippen molar-refractivity contribution in [1.29, 1.82) is 0 Å². The third-order valence-electron chi connectivity index (χ3n) is 6.84. The molecule has 40 heavy (non-hydrogen) atoms. The van der Waals surface area contributed by atoms with E-state index in [1.807, 2.05) is 0 Å². The average molecular weight is 574 g/mol. The molecule has 1 aliphatic rings. The number of fused-ring (bicyclic) bond motifs is 1. The number of halogens is 1. The number of carbonyl (C=O) groups excluding carboxylic acids is 1. The van der Waals surface area contributed by atoms with Crippen LogP contribution in [0.3, 0.4) is 0 Å². The average Bonchev–Trinajstić information content (AvgIpc) is 3.53. The maximum absolute atomic E-state index is 13.3. The van der Waals surface area contributed by atoms with Gasteiger partial charge in [-0.1, -0.05) is 17.3 Å². The molecular formula is C26H28FN5O7S. The Morgan fingerprint density at radius 2 is 1.95 bits per heavy atom. The number of nitrogens with zero attached hydrogens (tertiary/aromatic N) is 5. The van der Waals surface area contributed by atoms with E-state index >= 15 is 0 Å². The lowest BCUT2D eigenvalue weighted by molar-refractivity contribution is -0.135. The molecule has 2 aromatic carbocycles. The van der Waals surface area contributed by atoms with Gasteiger partial charge in [-0.25, -0.2) is 17.6 Å². The van der Waals surface area contributed by atoms with Crippen LogP contribution in [0.15, 0.2) is 61.1 Å². The molecule has 14 heteroatoms. The van der Waals surface area contributed by atoms with Crippen LogP contribution < -0.4 is 5.76 Å². The quantitative estimate of drug-likeness (QED) is 0.295. The van der Waals surface area contributed by atoms with Gasteiger partial charge in [0.05, 0.1) is 29.6 Å². The Kier molecular flexibility index (Phi) is 7.83. The van der Waals surface area contributed by atoms with Crippen molar-refractivity contribution in [3.8, 4) is 0 Å². The number of likely N-dealkylation sites (N-methyl/N-ethyl adjacent to an activating group) is 1. The van der Waals surface area contributed by atoms with Crippen LogP contribution in [0.4, 0.5) is 4.39 Å². The first kappa shape index (κ1) is 27.7. The largest absolute Gasteiger partial charge is 0.419 e. The van der Waals surface area contributed by atoms with Gasteiger partial charge >= 0.3 is 5.76 Å². The Labute approximate surface area is 229 Å². The van der Waals surface area contributed by atoms with Crippen LogP contribution in [0.2, 0.25) is 0 Å². The van der Waals surface area contributed by atoms with Gasteiger partial charge in [0.2, 0.25) is 15.9 Å². The Bertz CT molecular complexity index is 1680. The fourth-order valence-electron chi connectivity index (χ4n) is 4.62. The molecule has 1 amide bonds. The van der Waals surface area contributed by atoms with Crippen molar-refractivity contribution in [2.75, 3.05) is 20.1 Å². The molecule has 5 rings (SSSR count). The van der Waals surface area contributed by atoms with E-state index in [1.165, 1.54) is 49.0 Å². The van der Waals surface area contributed by atoms with Crippen molar-refractivity contribution in [2.45, 2.75) is 43.4 Å². The molecule has 1 atom stereocenters. The molecule has 0 saturated carbocycles. The maximum atomic E-state index is 13.3. The highest BCUT2D eigenvalue weighted by Crippen LogP contribution is 2.30. The number of sulfonamides is 1. The number of oxazole rings is 1. The zero-order valence-electron chi connectivity index (χ0n) is 21.9. The molecule has 0 N–H and O–H groups in total. The van der Waals surface area contributed by atoms with Crippen molar-refractivity contribution in [2.24, 2.45) is 7.05 Å². The van der Waals surface area contributed by atoms with E-state index in [2.05, 4.69) is 10.1 Å². The molecule has 1 saturated heterocycles. The van der Waals surface area contributed by atoms with Crippen LogP contribution in [-0.2, 0) is 39.8 Å². The second-order valence-corrected chi connectivity index (χ2v) is 11.6. The van der Waals surface area contributed by atoms with E-state index in [-0.39, 0.29) is 35.4 Å². The number of aryl methyl sites for hydroxylation is 1. The van der Waals surface area contributed by atoms with E-state index in [0.29, 0.717) is 24.3 Å². The minimum Gasteiger partial charge on any atom is -0.408 e. The number of carbonyl (C=O) groups is 1. The summed E-state index contributed by atoms with van der Waals surface area (Å²) in [4.78, 5) is 31.0. The summed E-state index contributed by atoms with van der Waals surface area (Å²) in [7, 11) is -1.21. The molecule has 212 valence electrons. The van der Waals surface area contributed by atoms with Crippen LogP contribution in [0.25, 0.3) is 11.1 Å². The fourth-order valence-corrected chi connectivity index (χ4v) is 5.75. The summed E-state index contributed by atoms with van der Waals surface area (Å²) >= 11 is 0. The van der Waals surface area contributed by atoms with Gasteiger partial charge in [0.25, 0.3) is 5.89 Å². The van der Waals surface area contributed by atoms with Gasteiger partial charge in [-0.05, 0) is 49.1 Å². The molecule has 3 heterocycles. The van der Waals surface area contributed by atoms with Crippen LogP contribution in [-0.4, -0.2) is 58.4 Å². The third kappa shape index (κ3) is 5.69. The monoisotopic (exact) mass is 573 g/mol. The number of rotatable bonds is 9. The van der Waals surface area contributed by atoms with Crippen molar-refractivity contribution in [3.05, 3.63) is 76.1 Å². The van der Waals surface area contributed by atoms with E-state index in [0.717, 1.165) is 22.7 Å². The first-order chi connectivity index (χ1) is 19.1. The number of benzene rings is 2. The lowest BCUT2D eigenvalue weighted by Crippen LogP contribution is -2.45. The Hall–Kier alpha value is -3.88. The van der Waals surface area contributed by atoms with E-state index < -0.39 is 34.3 Å². The van der Waals surface area contributed by atoms with E-state index in [4.69, 9.17) is 13.7 Å². The fraction of sp³-hybridized carbons (Fsp3) is 0.385. The summed E-state index contributed by atoms with van der Waals surface area (Å²) in [5.74, 6) is -0.777. The van der Waals surface area contributed by atoms with E-state index in [9.17, 15) is 22.4 Å². The number of hydrogen-bond acceptors (Lipinski definition) is 9. The van der Waals surface area contributed by atoms with Gasteiger partial charge in [0.15, 0.2) is 11.4 Å². The summed E-state index contributed by atoms with van der Waals surface area (Å²) in [6.07, 6.45) is 2.20. The standard InChI is InChI=1S/C26H28FN5O7S/c1-30(40(35,36)19-10-11-20-22(13-19)38-26(34)31(20)2)14-24(33)32-12-4-3-5-21(32)25-28-23(39-29-25)16-37-15-17-6-8-18(27)9-7-17/h6-11,13,21H,3-5,12,14-16H2,1-2H3. The lowest BCUT2D eigenvalue weighted by Gasteiger charge is -2.34.